The van der Waals surface area contributed by atoms with Crippen LogP contribution in [0.15, 0.2) is 34.9 Å². The molecule has 0 amide bonds. The van der Waals surface area contributed by atoms with E-state index in [2.05, 4.69) is 25.6 Å². The van der Waals surface area contributed by atoms with Crippen LogP contribution in [-0.2, 0) is 7.05 Å². The quantitative estimate of drug-likeness (QED) is 0.576. The van der Waals surface area contributed by atoms with E-state index in [0.717, 1.165) is 23.7 Å². The second-order valence-corrected chi connectivity index (χ2v) is 6.07. The first-order valence-electron chi connectivity index (χ1n) is 7.97. The van der Waals surface area contributed by atoms with Gasteiger partial charge >= 0.3 is 0 Å². The van der Waals surface area contributed by atoms with Gasteiger partial charge < -0.3 is 4.42 Å². The highest BCUT2D eigenvalue weighted by molar-refractivity contribution is 5.91. The van der Waals surface area contributed by atoms with Crippen LogP contribution < -0.4 is 0 Å². The van der Waals surface area contributed by atoms with Crippen molar-refractivity contribution in [3.05, 3.63) is 30.5 Å². The molecular formula is C16H15N7O. The number of para-hydroxylation sites is 1. The summed E-state index contributed by atoms with van der Waals surface area (Å²) in [5, 5.41) is 22.1. The topological polar surface area (TPSA) is 87.5 Å². The SMILES string of the molecule is Cn1nc(-c2nnc(-c3cn(C4CCC4)nn3)o2)c2ccccc21. The molecule has 5 rings (SSSR count). The fraction of sp³-hybridized carbons (Fsp3) is 0.312. The number of fused-ring (bicyclic) bond motifs is 1. The number of hydrogen-bond acceptors (Lipinski definition) is 6. The molecule has 120 valence electrons. The van der Waals surface area contributed by atoms with Crippen molar-refractivity contribution in [1.82, 2.24) is 35.0 Å². The summed E-state index contributed by atoms with van der Waals surface area (Å²) >= 11 is 0. The summed E-state index contributed by atoms with van der Waals surface area (Å²) in [5.74, 6) is 0.755. The molecule has 0 spiro atoms. The second-order valence-electron chi connectivity index (χ2n) is 6.07. The number of aryl methyl sites for hydroxylation is 1. The molecule has 3 aromatic heterocycles. The number of nitrogens with zero attached hydrogens (tertiary/aromatic N) is 7. The van der Waals surface area contributed by atoms with Crippen LogP contribution in [0.3, 0.4) is 0 Å². The van der Waals surface area contributed by atoms with Crippen molar-refractivity contribution < 1.29 is 4.42 Å². The van der Waals surface area contributed by atoms with Crippen molar-refractivity contribution in [2.24, 2.45) is 7.05 Å². The van der Waals surface area contributed by atoms with Crippen LogP contribution in [0.1, 0.15) is 25.3 Å². The van der Waals surface area contributed by atoms with E-state index < -0.39 is 0 Å². The lowest BCUT2D eigenvalue weighted by atomic mass is 9.93. The van der Waals surface area contributed by atoms with Crippen molar-refractivity contribution >= 4 is 10.9 Å². The molecule has 0 atom stereocenters. The predicted octanol–water partition coefficient (Wildman–Crippen LogP) is 2.61. The molecule has 1 aromatic carbocycles. The molecular weight excluding hydrogens is 306 g/mol. The van der Waals surface area contributed by atoms with Gasteiger partial charge in [-0.05, 0) is 25.3 Å². The highest BCUT2D eigenvalue weighted by Crippen LogP contribution is 2.32. The van der Waals surface area contributed by atoms with Gasteiger partial charge in [-0.15, -0.1) is 15.3 Å². The van der Waals surface area contributed by atoms with E-state index in [1.807, 2.05) is 42.2 Å². The molecule has 3 heterocycles. The fourth-order valence-corrected chi connectivity index (χ4v) is 3.00. The molecule has 0 unspecified atom stereocenters. The summed E-state index contributed by atoms with van der Waals surface area (Å²) in [6.45, 7) is 0. The molecule has 1 aliphatic rings. The highest BCUT2D eigenvalue weighted by atomic mass is 16.4. The summed E-state index contributed by atoms with van der Waals surface area (Å²) in [6, 6.07) is 8.40. The first-order chi connectivity index (χ1) is 11.8. The summed E-state index contributed by atoms with van der Waals surface area (Å²) in [6.07, 6.45) is 5.42. The third-order valence-electron chi connectivity index (χ3n) is 4.56. The van der Waals surface area contributed by atoms with Gasteiger partial charge in [-0.1, -0.05) is 23.4 Å². The van der Waals surface area contributed by atoms with E-state index in [9.17, 15) is 0 Å². The molecule has 24 heavy (non-hydrogen) atoms. The maximum Gasteiger partial charge on any atom is 0.270 e. The Balaban J connectivity index is 1.53. The number of rotatable bonds is 3. The Morgan fingerprint density at radius 3 is 2.75 bits per heavy atom. The first-order valence-corrected chi connectivity index (χ1v) is 7.97. The van der Waals surface area contributed by atoms with Crippen molar-refractivity contribution in [3.63, 3.8) is 0 Å². The lowest BCUT2D eigenvalue weighted by Crippen LogP contribution is -2.17. The van der Waals surface area contributed by atoms with Gasteiger partial charge in [0.15, 0.2) is 11.4 Å². The Morgan fingerprint density at radius 2 is 1.92 bits per heavy atom. The molecule has 0 bridgehead atoms. The van der Waals surface area contributed by atoms with Crippen molar-refractivity contribution in [2.75, 3.05) is 0 Å². The average Bonchev–Trinajstić information content (AvgIpc) is 3.25. The number of aromatic nitrogens is 7. The minimum atomic E-state index is 0.366. The Bertz CT molecular complexity index is 1020. The molecule has 0 aliphatic heterocycles. The lowest BCUT2D eigenvalue weighted by molar-refractivity contribution is 0.284. The van der Waals surface area contributed by atoms with Gasteiger partial charge in [-0.3, -0.25) is 4.68 Å². The molecule has 1 saturated carbocycles. The standard InChI is InChI=1S/C16H15N7O/c1-22-13-8-3-2-7-11(13)14(20-22)16-19-18-15(24-16)12-9-23(21-17-12)10-5-4-6-10/h2-3,7-10H,4-6H2,1H3. The summed E-state index contributed by atoms with van der Waals surface area (Å²) < 4.78 is 9.50. The van der Waals surface area contributed by atoms with Crippen LogP contribution in [0.4, 0.5) is 0 Å². The van der Waals surface area contributed by atoms with Crippen LogP contribution in [0.5, 0.6) is 0 Å². The zero-order valence-electron chi connectivity index (χ0n) is 13.1. The summed E-state index contributed by atoms with van der Waals surface area (Å²) in [5.41, 5.74) is 2.29. The smallest absolute Gasteiger partial charge is 0.270 e. The molecule has 0 N–H and O–H groups in total. The highest BCUT2D eigenvalue weighted by Gasteiger charge is 2.23. The van der Waals surface area contributed by atoms with Crippen LogP contribution >= 0.6 is 0 Å². The van der Waals surface area contributed by atoms with Gasteiger partial charge in [0.05, 0.1) is 17.8 Å². The van der Waals surface area contributed by atoms with Gasteiger partial charge in [0.1, 0.15) is 0 Å². The van der Waals surface area contributed by atoms with Gasteiger partial charge in [0, 0.05) is 12.4 Å². The maximum atomic E-state index is 5.81. The van der Waals surface area contributed by atoms with E-state index in [1.165, 1.54) is 6.42 Å². The minimum absolute atomic E-state index is 0.366. The van der Waals surface area contributed by atoms with E-state index in [0.29, 0.717) is 29.2 Å². The first kappa shape index (κ1) is 13.4. The van der Waals surface area contributed by atoms with Crippen LogP contribution in [0.25, 0.3) is 34.1 Å². The molecule has 0 radical (unpaired) electrons. The largest absolute Gasteiger partial charge is 0.413 e. The van der Waals surface area contributed by atoms with Gasteiger partial charge in [-0.25, -0.2) is 4.68 Å². The minimum Gasteiger partial charge on any atom is -0.413 e. The van der Waals surface area contributed by atoms with Gasteiger partial charge in [-0.2, -0.15) is 5.10 Å². The summed E-state index contributed by atoms with van der Waals surface area (Å²) in [4.78, 5) is 0. The fourth-order valence-electron chi connectivity index (χ4n) is 3.00. The van der Waals surface area contributed by atoms with E-state index >= 15 is 0 Å². The average molecular weight is 321 g/mol. The Morgan fingerprint density at radius 1 is 1.08 bits per heavy atom. The zero-order valence-corrected chi connectivity index (χ0v) is 13.1. The monoisotopic (exact) mass is 321 g/mol. The third-order valence-corrected chi connectivity index (χ3v) is 4.56. The van der Waals surface area contributed by atoms with Gasteiger partial charge in [0.25, 0.3) is 11.8 Å². The molecule has 8 heteroatoms. The number of benzene rings is 1. The van der Waals surface area contributed by atoms with E-state index in [4.69, 9.17) is 4.42 Å². The molecule has 8 nitrogen and oxygen atoms in total. The number of hydrogen-bond donors (Lipinski definition) is 0. The molecule has 1 aliphatic carbocycles. The van der Waals surface area contributed by atoms with Gasteiger partial charge in [0.2, 0.25) is 0 Å². The second kappa shape index (κ2) is 4.98. The van der Waals surface area contributed by atoms with Crippen molar-refractivity contribution in [3.8, 4) is 23.2 Å². The third kappa shape index (κ3) is 1.96. The van der Waals surface area contributed by atoms with Crippen LogP contribution in [0.2, 0.25) is 0 Å². The normalized spacial score (nSPS) is 15.0. The molecule has 0 saturated heterocycles. The summed E-state index contributed by atoms with van der Waals surface area (Å²) in [7, 11) is 1.90. The Hall–Kier alpha value is -3.03. The van der Waals surface area contributed by atoms with Crippen LogP contribution in [-0.4, -0.2) is 35.0 Å². The Kier molecular flexibility index (Phi) is 2.79. The van der Waals surface area contributed by atoms with Crippen molar-refractivity contribution in [2.45, 2.75) is 25.3 Å². The van der Waals surface area contributed by atoms with E-state index in [-0.39, 0.29) is 0 Å². The molecule has 1 fully saturated rings. The van der Waals surface area contributed by atoms with Crippen LogP contribution in [0, 0.1) is 0 Å². The lowest BCUT2D eigenvalue weighted by Gasteiger charge is -2.24. The predicted molar refractivity (Wildman–Crippen MR) is 85.9 cm³/mol. The Labute approximate surface area is 137 Å². The maximum absolute atomic E-state index is 5.81. The van der Waals surface area contributed by atoms with E-state index in [1.54, 1.807) is 4.68 Å². The zero-order chi connectivity index (χ0) is 16.1. The van der Waals surface area contributed by atoms with Crippen molar-refractivity contribution in [1.29, 1.82) is 0 Å². The molecule has 4 aromatic rings.